The molecule has 0 bridgehead atoms. The molecule has 0 atom stereocenters. The summed E-state index contributed by atoms with van der Waals surface area (Å²) in [6.45, 7) is 3.04. The lowest BCUT2D eigenvalue weighted by molar-refractivity contribution is -0.385. The van der Waals surface area contributed by atoms with Gasteiger partial charge in [-0.25, -0.2) is 0 Å². The van der Waals surface area contributed by atoms with Gasteiger partial charge in [-0.1, -0.05) is 0 Å². The Bertz CT molecular complexity index is 804. The molecule has 1 aliphatic heterocycles. The van der Waals surface area contributed by atoms with Gasteiger partial charge in [-0.2, -0.15) is 0 Å². The number of amides is 1. The lowest BCUT2D eigenvalue weighted by atomic mass is 10.1. The number of carbonyl (C=O) groups is 1. The van der Waals surface area contributed by atoms with E-state index in [1.165, 1.54) is 12.1 Å². The van der Waals surface area contributed by atoms with Crippen molar-refractivity contribution >= 4 is 17.3 Å². The van der Waals surface area contributed by atoms with E-state index in [9.17, 15) is 14.9 Å². The van der Waals surface area contributed by atoms with Gasteiger partial charge in [0.15, 0.2) is 11.5 Å². The molecular weight excluding hydrogens is 328 g/mol. The molecule has 0 fully saturated rings. The molecule has 8 nitrogen and oxygen atoms in total. The van der Waals surface area contributed by atoms with Crippen LogP contribution in [0.25, 0.3) is 0 Å². The first-order chi connectivity index (χ1) is 12.1. The number of carbonyl (C=O) groups excluding carboxylic acids is 1. The fourth-order valence-electron chi connectivity index (χ4n) is 2.41. The minimum atomic E-state index is -0.620. The monoisotopic (exact) mass is 344 g/mol. The Hall–Kier alpha value is -3.29. The van der Waals surface area contributed by atoms with Crippen molar-refractivity contribution in [1.29, 1.82) is 0 Å². The van der Waals surface area contributed by atoms with Crippen LogP contribution >= 0.6 is 0 Å². The number of nitro groups is 1. The summed E-state index contributed by atoms with van der Waals surface area (Å²) in [5, 5.41) is 13.9. The Kier molecular flexibility index (Phi) is 4.69. The number of anilines is 1. The summed E-state index contributed by atoms with van der Waals surface area (Å²) in [4.78, 5) is 23.2. The predicted molar refractivity (Wildman–Crippen MR) is 89.7 cm³/mol. The molecule has 1 heterocycles. The molecule has 25 heavy (non-hydrogen) atoms. The Morgan fingerprint density at radius 1 is 1.20 bits per heavy atom. The van der Waals surface area contributed by atoms with Gasteiger partial charge in [-0.3, -0.25) is 14.9 Å². The third-order valence-electron chi connectivity index (χ3n) is 3.53. The second-order valence-corrected chi connectivity index (χ2v) is 5.18. The van der Waals surface area contributed by atoms with Crippen molar-refractivity contribution in [2.75, 3.05) is 25.1 Å². The van der Waals surface area contributed by atoms with Crippen LogP contribution in [0.5, 0.6) is 17.2 Å². The Labute approximate surface area is 143 Å². The van der Waals surface area contributed by atoms with E-state index in [4.69, 9.17) is 14.2 Å². The number of nitrogens with zero attached hydrogens (tertiary/aromatic N) is 1. The van der Waals surface area contributed by atoms with Gasteiger partial charge >= 0.3 is 0 Å². The lowest BCUT2D eigenvalue weighted by Gasteiger charge is -2.18. The highest BCUT2D eigenvalue weighted by Gasteiger charge is 2.26. The fraction of sp³-hybridized carbons (Fsp3) is 0.235. The first-order valence-electron chi connectivity index (χ1n) is 7.70. The number of benzene rings is 2. The topological polar surface area (TPSA) is 99.9 Å². The van der Waals surface area contributed by atoms with Crippen LogP contribution in [0.15, 0.2) is 36.4 Å². The summed E-state index contributed by atoms with van der Waals surface area (Å²) in [6.07, 6.45) is 0. The van der Waals surface area contributed by atoms with E-state index in [1.54, 1.807) is 24.3 Å². The zero-order valence-electron chi connectivity index (χ0n) is 13.5. The van der Waals surface area contributed by atoms with E-state index in [-0.39, 0.29) is 17.0 Å². The summed E-state index contributed by atoms with van der Waals surface area (Å²) < 4.78 is 16.1. The average molecular weight is 344 g/mol. The van der Waals surface area contributed by atoms with Crippen LogP contribution in [0.2, 0.25) is 0 Å². The van der Waals surface area contributed by atoms with Crippen LogP contribution in [0, 0.1) is 10.1 Å². The molecule has 1 N–H and O–H groups in total. The summed E-state index contributed by atoms with van der Waals surface area (Å²) in [5.41, 5.74) is 0.0634. The van der Waals surface area contributed by atoms with Gasteiger partial charge in [0.1, 0.15) is 24.5 Å². The smallest absolute Gasteiger partial charge is 0.286 e. The number of hydrogen-bond donors (Lipinski definition) is 1. The highest BCUT2D eigenvalue weighted by Crippen LogP contribution is 2.36. The van der Waals surface area contributed by atoms with Crippen LogP contribution in [0.1, 0.15) is 17.3 Å². The first kappa shape index (κ1) is 16.6. The van der Waals surface area contributed by atoms with E-state index >= 15 is 0 Å². The number of rotatable bonds is 5. The molecule has 1 aliphatic rings. The van der Waals surface area contributed by atoms with Crippen molar-refractivity contribution in [3.63, 3.8) is 0 Å². The fourth-order valence-corrected chi connectivity index (χ4v) is 2.41. The molecule has 3 rings (SSSR count). The molecule has 130 valence electrons. The van der Waals surface area contributed by atoms with Crippen LogP contribution in [0.4, 0.5) is 11.4 Å². The standard InChI is InChI=1S/C17H16N2O6/c1-2-23-12-5-3-11(4-6-12)18-17(20)13-9-15-16(25-8-7-24-15)10-14(13)19(21)22/h3-6,9-10H,2,7-8H2,1H3,(H,18,20). The Balaban J connectivity index is 1.86. The molecule has 8 heteroatoms. The second-order valence-electron chi connectivity index (χ2n) is 5.18. The maximum atomic E-state index is 12.5. The molecule has 1 amide bonds. The van der Waals surface area contributed by atoms with Gasteiger partial charge in [0.2, 0.25) is 0 Å². The summed E-state index contributed by atoms with van der Waals surface area (Å²) in [5.74, 6) is 0.642. The Morgan fingerprint density at radius 3 is 2.44 bits per heavy atom. The molecule has 0 radical (unpaired) electrons. The number of fused-ring (bicyclic) bond motifs is 1. The molecule has 0 spiro atoms. The summed E-state index contributed by atoms with van der Waals surface area (Å²) in [7, 11) is 0. The maximum Gasteiger partial charge on any atom is 0.286 e. The molecular formula is C17H16N2O6. The van der Waals surface area contributed by atoms with Crippen molar-refractivity contribution in [1.82, 2.24) is 0 Å². The summed E-state index contributed by atoms with van der Waals surface area (Å²) in [6, 6.07) is 9.27. The highest BCUT2D eigenvalue weighted by molar-refractivity contribution is 6.07. The SMILES string of the molecule is CCOc1ccc(NC(=O)c2cc3c(cc2[N+](=O)[O-])OCCO3)cc1. The van der Waals surface area contributed by atoms with Gasteiger partial charge in [0.25, 0.3) is 11.6 Å². The Morgan fingerprint density at radius 2 is 1.84 bits per heavy atom. The molecule has 0 aliphatic carbocycles. The van der Waals surface area contributed by atoms with Gasteiger partial charge in [-0.15, -0.1) is 0 Å². The predicted octanol–water partition coefficient (Wildman–Crippen LogP) is 3.02. The molecule has 2 aromatic carbocycles. The highest BCUT2D eigenvalue weighted by atomic mass is 16.6. The van der Waals surface area contributed by atoms with Crippen LogP contribution in [0.3, 0.4) is 0 Å². The van der Waals surface area contributed by atoms with E-state index < -0.39 is 10.8 Å². The maximum absolute atomic E-state index is 12.5. The number of ether oxygens (including phenoxy) is 3. The van der Waals surface area contributed by atoms with Crippen LogP contribution in [-0.4, -0.2) is 30.7 Å². The van der Waals surface area contributed by atoms with Crippen molar-refractivity contribution in [3.8, 4) is 17.2 Å². The first-order valence-corrected chi connectivity index (χ1v) is 7.70. The van der Waals surface area contributed by atoms with E-state index in [0.29, 0.717) is 37.0 Å². The van der Waals surface area contributed by atoms with Crippen molar-refractivity contribution in [2.45, 2.75) is 6.92 Å². The van der Waals surface area contributed by atoms with E-state index in [1.807, 2.05) is 6.92 Å². The molecule has 2 aromatic rings. The third kappa shape index (κ3) is 3.63. The van der Waals surface area contributed by atoms with Crippen molar-refractivity contribution < 1.29 is 23.9 Å². The number of hydrogen-bond acceptors (Lipinski definition) is 6. The van der Waals surface area contributed by atoms with Crippen molar-refractivity contribution in [2.24, 2.45) is 0 Å². The van der Waals surface area contributed by atoms with E-state index in [0.717, 1.165) is 0 Å². The third-order valence-corrected chi connectivity index (χ3v) is 3.53. The average Bonchev–Trinajstić information content (AvgIpc) is 2.62. The zero-order chi connectivity index (χ0) is 17.8. The van der Waals surface area contributed by atoms with E-state index in [2.05, 4.69) is 5.32 Å². The normalized spacial score (nSPS) is 12.4. The quantitative estimate of drug-likeness (QED) is 0.661. The second kappa shape index (κ2) is 7.08. The zero-order valence-corrected chi connectivity index (χ0v) is 13.5. The molecule has 0 unspecified atom stereocenters. The summed E-state index contributed by atoms with van der Waals surface area (Å²) >= 11 is 0. The van der Waals surface area contributed by atoms with Crippen LogP contribution in [-0.2, 0) is 0 Å². The van der Waals surface area contributed by atoms with Gasteiger partial charge in [0.05, 0.1) is 17.6 Å². The van der Waals surface area contributed by atoms with Crippen molar-refractivity contribution in [3.05, 3.63) is 52.1 Å². The van der Waals surface area contributed by atoms with Gasteiger partial charge < -0.3 is 19.5 Å². The number of nitrogens with one attached hydrogen (secondary N) is 1. The molecule has 0 aromatic heterocycles. The lowest BCUT2D eigenvalue weighted by Crippen LogP contribution is -2.18. The molecule has 0 saturated heterocycles. The number of nitro benzene ring substituents is 1. The van der Waals surface area contributed by atoms with Gasteiger partial charge in [-0.05, 0) is 31.2 Å². The van der Waals surface area contributed by atoms with Crippen LogP contribution < -0.4 is 19.5 Å². The minimum Gasteiger partial charge on any atom is -0.494 e. The minimum absolute atomic E-state index is 0.0943. The largest absolute Gasteiger partial charge is 0.494 e. The van der Waals surface area contributed by atoms with Gasteiger partial charge in [0, 0.05) is 11.8 Å². The molecule has 0 saturated carbocycles.